The van der Waals surface area contributed by atoms with Gasteiger partial charge in [0.25, 0.3) is 0 Å². The Morgan fingerprint density at radius 2 is 1.69 bits per heavy atom. The number of rotatable bonds is 7. The number of methoxy groups -OCH3 is 2. The molecular formula is C35H35F6N3O5. The molecule has 0 bridgehead atoms. The molecule has 5 rings (SSSR count). The summed E-state index contributed by atoms with van der Waals surface area (Å²) in [5.41, 5.74) is 0.235. The van der Waals surface area contributed by atoms with E-state index in [0.717, 1.165) is 23.1 Å². The van der Waals surface area contributed by atoms with E-state index in [9.17, 15) is 35.9 Å². The van der Waals surface area contributed by atoms with Crippen molar-refractivity contribution in [3.05, 3.63) is 81.7 Å². The summed E-state index contributed by atoms with van der Waals surface area (Å²) in [5, 5.41) is 0. The molecule has 3 aromatic rings. The number of aromatic nitrogens is 2. The molecule has 0 unspecified atom stereocenters. The second kappa shape index (κ2) is 13.0. The molecule has 1 aliphatic carbocycles. The van der Waals surface area contributed by atoms with Gasteiger partial charge in [-0.3, -0.25) is 4.90 Å². The number of cyclic esters (lactones) is 1. The molecule has 1 amide bonds. The van der Waals surface area contributed by atoms with Crippen LogP contribution in [0.1, 0.15) is 84.4 Å². The second-order valence-electron chi connectivity index (χ2n) is 13.1. The molecule has 2 atom stereocenters. The van der Waals surface area contributed by atoms with Gasteiger partial charge in [-0.25, -0.2) is 19.6 Å². The number of aryl methyl sites for hydroxylation is 1. The highest BCUT2D eigenvalue weighted by Gasteiger charge is 2.44. The van der Waals surface area contributed by atoms with Crippen LogP contribution in [0.3, 0.4) is 0 Å². The largest absolute Gasteiger partial charge is 0.493 e. The fraction of sp³-hybridized carbons (Fsp3) is 0.429. The molecule has 8 nitrogen and oxygen atoms in total. The van der Waals surface area contributed by atoms with E-state index in [4.69, 9.17) is 19.2 Å². The van der Waals surface area contributed by atoms with Gasteiger partial charge in [0.15, 0.2) is 11.6 Å². The third-order valence-corrected chi connectivity index (χ3v) is 9.01. The number of allylic oxidation sites excluding steroid dienone is 1. The fourth-order valence-corrected chi connectivity index (χ4v) is 6.38. The van der Waals surface area contributed by atoms with Crippen molar-refractivity contribution in [1.29, 1.82) is 0 Å². The van der Waals surface area contributed by atoms with E-state index in [0.29, 0.717) is 53.4 Å². The van der Waals surface area contributed by atoms with Crippen LogP contribution in [0, 0.1) is 12.3 Å². The molecule has 2 aliphatic rings. The van der Waals surface area contributed by atoms with Crippen molar-refractivity contribution >= 4 is 17.6 Å². The maximum Gasteiger partial charge on any atom is 0.416 e. The Labute approximate surface area is 279 Å². The number of carbonyl (C=O) groups is 2. The van der Waals surface area contributed by atoms with Crippen molar-refractivity contribution in [3.63, 3.8) is 0 Å². The highest BCUT2D eigenvalue weighted by atomic mass is 19.4. The Morgan fingerprint density at radius 3 is 2.27 bits per heavy atom. The van der Waals surface area contributed by atoms with E-state index in [2.05, 4.69) is 18.8 Å². The predicted molar refractivity (Wildman–Crippen MR) is 166 cm³/mol. The Morgan fingerprint density at radius 1 is 1.04 bits per heavy atom. The monoisotopic (exact) mass is 691 g/mol. The topological polar surface area (TPSA) is 90.9 Å². The summed E-state index contributed by atoms with van der Waals surface area (Å²) in [6.07, 6.45) is -9.00. The number of ether oxygens (including phenoxy) is 3. The van der Waals surface area contributed by atoms with Gasteiger partial charge in [0.1, 0.15) is 11.8 Å². The van der Waals surface area contributed by atoms with Gasteiger partial charge in [0, 0.05) is 12.1 Å². The lowest BCUT2D eigenvalue weighted by atomic mass is 9.73. The number of carbonyl (C=O) groups excluding carboxylic acids is 2. The summed E-state index contributed by atoms with van der Waals surface area (Å²) in [4.78, 5) is 36.0. The Hall–Kier alpha value is -4.62. The first-order chi connectivity index (χ1) is 22.8. The number of nitrogens with zero attached hydrogens (tertiary/aromatic N) is 3. The SMILES string of the molecule is COC(=O)c1ccc(-c2ncc(OC)c(C3=C(CN4C(=O)O[C@H](c5cc(C(F)(F)F)cc(C(F)(F)F)c5)[C@@H]4C)CC(C)(C)CC3)n2)c(C)c1. The summed E-state index contributed by atoms with van der Waals surface area (Å²) in [6, 6.07) is 5.31. The van der Waals surface area contributed by atoms with E-state index in [1.807, 2.05) is 6.92 Å². The number of halogens is 6. The molecule has 1 fully saturated rings. The summed E-state index contributed by atoms with van der Waals surface area (Å²) in [7, 11) is 2.76. The number of esters is 1. The quantitative estimate of drug-likeness (QED) is 0.181. The molecule has 262 valence electrons. The Balaban J connectivity index is 1.54. The van der Waals surface area contributed by atoms with E-state index < -0.39 is 53.3 Å². The Kier molecular flexibility index (Phi) is 9.48. The maximum absolute atomic E-state index is 13.6. The van der Waals surface area contributed by atoms with Gasteiger partial charge in [0.05, 0.1) is 43.1 Å². The molecule has 1 aromatic heterocycles. The van der Waals surface area contributed by atoms with Crippen molar-refractivity contribution in [2.45, 2.75) is 71.5 Å². The average molecular weight is 692 g/mol. The molecule has 0 spiro atoms. The lowest BCUT2D eigenvalue weighted by molar-refractivity contribution is -0.143. The van der Waals surface area contributed by atoms with Crippen LogP contribution in [0.2, 0.25) is 0 Å². The summed E-state index contributed by atoms with van der Waals surface area (Å²) < 4.78 is 97.6. The Bertz CT molecular complexity index is 1790. The maximum atomic E-state index is 13.6. The minimum Gasteiger partial charge on any atom is -0.493 e. The highest BCUT2D eigenvalue weighted by Crippen LogP contribution is 2.46. The molecule has 2 heterocycles. The number of hydrogen-bond acceptors (Lipinski definition) is 7. The molecule has 49 heavy (non-hydrogen) atoms. The predicted octanol–water partition coefficient (Wildman–Crippen LogP) is 8.83. The normalized spacial score (nSPS) is 19.6. The lowest BCUT2D eigenvalue weighted by Crippen LogP contribution is -2.35. The number of amides is 1. The molecule has 0 saturated carbocycles. The van der Waals surface area contributed by atoms with Crippen LogP contribution in [0.15, 0.2) is 48.2 Å². The van der Waals surface area contributed by atoms with Gasteiger partial charge in [-0.15, -0.1) is 0 Å². The van der Waals surface area contributed by atoms with Gasteiger partial charge >= 0.3 is 24.4 Å². The van der Waals surface area contributed by atoms with Crippen LogP contribution in [-0.2, 0) is 21.8 Å². The van der Waals surface area contributed by atoms with E-state index in [-0.39, 0.29) is 18.0 Å². The van der Waals surface area contributed by atoms with E-state index >= 15 is 0 Å². The zero-order chi connectivity index (χ0) is 36.1. The first-order valence-corrected chi connectivity index (χ1v) is 15.4. The van der Waals surface area contributed by atoms with Gasteiger partial charge in [-0.05, 0) is 91.1 Å². The van der Waals surface area contributed by atoms with Crippen LogP contribution < -0.4 is 4.74 Å². The van der Waals surface area contributed by atoms with Crippen molar-refractivity contribution in [2.75, 3.05) is 20.8 Å². The van der Waals surface area contributed by atoms with Gasteiger partial charge < -0.3 is 14.2 Å². The number of alkyl halides is 6. The van der Waals surface area contributed by atoms with Crippen molar-refractivity contribution in [2.24, 2.45) is 5.41 Å². The molecule has 1 aliphatic heterocycles. The second-order valence-corrected chi connectivity index (χ2v) is 13.1. The van der Waals surface area contributed by atoms with Gasteiger partial charge in [-0.2, -0.15) is 26.3 Å². The standard InChI is InChI=1S/C35H35F6N3O5/c1-18-11-20(31(45)48-6)7-8-25(18)30-42-16-27(47-5)28(43-30)26-9-10-33(3,4)15-22(26)17-44-19(2)29(49-32(44)46)21-12-23(34(36,37)38)14-24(13-21)35(39,40)41/h7-8,11-14,16,19,29H,9-10,15,17H2,1-6H3/t19-,29-/m0/s1. The minimum absolute atomic E-state index is 0.00427. The van der Waals surface area contributed by atoms with Crippen molar-refractivity contribution in [3.8, 4) is 17.1 Å². The highest BCUT2D eigenvalue weighted by molar-refractivity contribution is 5.90. The van der Waals surface area contributed by atoms with Gasteiger partial charge in [0.2, 0.25) is 0 Å². The summed E-state index contributed by atoms with van der Waals surface area (Å²) in [6.45, 7) is 7.46. The zero-order valence-corrected chi connectivity index (χ0v) is 27.7. The molecule has 1 saturated heterocycles. The van der Waals surface area contributed by atoms with Crippen LogP contribution in [0.4, 0.5) is 31.1 Å². The zero-order valence-electron chi connectivity index (χ0n) is 27.7. The molecule has 14 heteroatoms. The third-order valence-electron chi connectivity index (χ3n) is 9.01. The minimum atomic E-state index is -5.05. The van der Waals surface area contributed by atoms with E-state index in [1.165, 1.54) is 32.2 Å². The molecule has 0 radical (unpaired) electrons. The average Bonchev–Trinajstić information content (AvgIpc) is 3.31. The summed E-state index contributed by atoms with van der Waals surface area (Å²) >= 11 is 0. The van der Waals surface area contributed by atoms with Crippen LogP contribution in [0.25, 0.3) is 17.0 Å². The molecule has 0 N–H and O–H groups in total. The summed E-state index contributed by atoms with van der Waals surface area (Å²) in [5.74, 6) is 0.246. The van der Waals surface area contributed by atoms with E-state index in [1.54, 1.807) is 18.2 Å². The van der Waals surface area contributed by atoms with Crippen molar-refractivity contribution < 1.29 is 50.1 Å². The van der Waals surface area contributed by atoms with Crippen LogP contribution >= 0.6 is 0 Å². The molecular weight excluding hydrogens is 656 g/mol. The number of hydrogen-bond donors (Lipinski definition) is 0. The first kappa shape index (κ1) is 35.7. The fourth-order valence-electron chi connectivity index (χ4n) is 6.38. The first-order valence-electron chi connectivity index (χ1n) is 15.4. The lowest BCUT2D eigenvalue weighted by Gasteiger charge is -2.35. The van der Waals surface area contributed by atoms with Crippen LogP contribution in [0.5, 0.6) is 5.75 Å². The smallest absolute Gasteiger partial charge is 0.416 e. The molecule has 2 aromatic carbocycles. The van der Waals surface area contributed by atoms with Crippen LogP contribution in [-0.4, -0.2) is 53.7 Å². The van der Waals surface area contributed by atoms with Crippen molar-refractivity contribution in [1.82, 2.24) is 14.9 Å². The number of benzene rings is 2. The third kappa shape index (κ3) is 7.37. The van der Waals surface area contributed by atoms with Gasteiger partial charge in [-0.1, -0.05) is 19.9 Å².